The quantitative estimate of drug-likeness (QED) is 0.752. The number of rotatable bonds is 6. The Labute approximate surface area is 168 Å². The molecule has 8 nitrogen and oxygen atoms in total. The van der Waals surface area contributed by atoms with Crippen LogP contribution in [-0.4, -0.2) is 44.7 Å². The summed E-state index contributed by atoms with van der Waals surface area (Å²) in [6.45, 7) is 2.53. The molecular weight excluding hydrogens is 376 g/mol. The van der Waals surface area contributed by atoms with Crippen molar-refractivity contribution >= 4 is 29.2 Å². The SMILES string of the molecule is COC(=O)c1cccc(N(CCC(=O)Nc2ccc3c(c2)OCCO3)C(C)=O)c1. The third-order valence-corrected chi connectivity index (χ3v) is 4.35. The van der Waals surface area contributed by atoms with E-state index in [4.69, 9.17) is 14.2 Å². The van der Waals surface area contributed by atoms with Gasteiger partial charge in [-0.2, -0.15) is 0 Å². The highest BCUT2D eigenvalue weighted by Crippen LogP contribution is 2.32. The molecule has 0 saturated heterocycles. The molecular formula is C21H22N2O6. The second-order valence-corrected chi connectivity index (χ2v) is 6.37. The fourth-order valence-corrected chi connectivity index (χ4v) is 2.94. The number of methoxy groups -OCH3 is 1. The lowest BCUT2D eigenvalue weighted by atomic mass is 10.1. The Morgan fingerprint density at radius 1 is 1.07 bits per heavy atom. The van der Waals surface area contributed by atoms with Crippen LogP contribution in [0, 0.1) is 0 Å². The van der Waals surface area contributed by atoms with Crippen LogP contribution in [0.25, 0.3) is 0 Å². The molecule has 3 rings (SSSR count). The van der Waals surface area contributed by atoms with Gasteiger partial charge in [0.05, 0.1) is 12.7 Å². The Balaban J connectivity index is 1.64. The fourth-order valence-electron chi connectivity index (χ4n) is 2.94. The van der Waals surface area contributed by atoms with E-state index in [0.717, 1.165) is 0 Å². The molecule has 0 unspecified atom stereocenters. The van der Waals surface area contributed by atoms with Gasteiger partial charge in [0, 0.05) is 37.3 Å². The van der Waals surface area contributed by atoms with Crippen LogP contribution in [0.5, 0.6) is 11.5 Å². The van der Waals surface area contributed by atoms with Gasteiger partial charge in [0.25, 0.3) is 0 Å². The number of hydrogen-bond acceptors (Lipinski definition) is 6. The summed E-state index contributed by atoms with van der Waals surface area (Å²) in [6, 6.07) is 11.7. The topological polar surface area (TPSA) is 94.2 Å². The number of anilines is 2. The molecule has 1 aliphatic rings. The number of fused-ring (bicyclic) bond motifs is 1. The Morgan fingerprint density at radius 3 is 2.55 bits per heavy atom. The molecule has 0 fully saturated rings. The molecule has 2 aromatic carbocycles. The van der Waals surface area contributed by atoms with E-state index >= 15 is 0 Å². The normalized spacial score (nSPS) is 12.1. The van der Waals surface area contributed by atoms with Crippen molar-refractivity contribution in [1.82, 2.24) is 0 Å². The zero-order valence-electron chi connectivity index (χ0n) is 16.3. The van der Waals surface area contributed by atoms with Gasteiger partial charge in [-0.1, -0.05) is 6.07 Å². The van der Waals surface area contributed by atoms with Crippen LogP contribution < -0.4 is 19.7 Å². The van der Waals surface area contributed by atoms with Gasteiger partial charge in [-0.05, 0) is 30.3 Å². The summed E-state index contributed by atoms with van der Waals surface area (Å²) in [5.41, 5.74) is 1.44. The molecule has 0 radical (unpaired) electrons. The predicted molar refractivity (Wildman–Crippen MR) is 106 cm³/mol. The second kappa shape index (κ2) is 9.09. The summed E-state index contributed by atoms with van der Waals surface area (Å²) >= 11 is 0. The van der Waals surface area contributed by atoms with Crippen LogP contribution >= 0.6 is 0 Å². The Morgan fingerprint density at radius 2 is 1.83 bits per heavy atom. The van der Waals surface area contributed by atoms with E-state index in [9.17, 15) is 14.4 Å². The van der Waals surface area contributed by atoms with E-state index in [2.05, 4.69) is 5.32 Å². The van der Waals surface area contributed by atoms with Crippen molar-refractivity contribution < 1.29 is 28.6 Å². The summed E-state index contributed by atoms with van der Waals surface area (Å²) in [6.07, 6.45) is 0.0798. The standard InChI is InChI=1S/C21H22N2O6/c1-14(24)23(17-5-3-4-15(12-17)21(26)27-2)9-8-20(25)22-16-6-7-18-19(13-16)29-11-10-28-18/h3-7,12-13H,8-11H2,1-2H3,(H,22,25). The lowest BCUT2D eigenvalue weighted by Gasteiger charge is -2.22. The minimum absolute atomic E-state index is 0.0798. The van der Waals surface area contributed by atoms with Gasteiger partial charge in [0.1, 0.15) is 13.2 Å². The van der Waals surface area contributed by atoms with E-state index < -0.39 is 5.97 Å². The van der Waals surface area contributed by atoms with Gasteiger partial charge in [-0.15, -0.1) is 0 Å². The van der Waals surface area contributed by atoms with Crippen molar-refractivity contribution in [3.05, 3.63) is 48.0 Å². The number of nitrogens with zero attached hydrogens (tertiary/aromatic N) is 1. The van der Waals surface area contributed by atoms with Gasteiger partial charge in [-0.3, -0.25) is 9.59 Å². The number of benzene rings is 2. The minimum Gasteiger partial charge on any atom is -0.486 e. The highest BCUT2D eigenvalue weighted by Gasteiger charge is 2.17. The first-order valence-corrected chi connectivity index (χ1v) is 9.14. The minimum atomic E-state index is -0.494. The highest BCUT2D eigenvalue weighted by atomic mass is 16.6. The van der Waals surface area contributed by atoms with Crippen molar-refractivity contribution in [3.63, 3.8) is 0 Å². The predicted octanol–water partition coefficient (Wildman–Crippen LogP) is 2.63. The maximum Gasteiger partial charge on any atom is 0.337 e. The van der Waals surface area contributed by atoms with E-state index in [1.54, 1.807) is 42.5 Å². The molecule has 152 valence electrons. The van der Waals surface area contributed by atoms with Crippen LogP contribution in [0.2, 0.25) is 0 Å². The fraction of sp³-hybridized carbons (Fsp3) is 0.286. The lowest BCUT2D eigenvalue weighted by Crippen LogP contribution is -2.32. The molecule has 2 amide bonds. The smallest absolute Gasteiger partial charge is 0.337 e. The van der Waals surface area contributed by atoms with Gasteiger partial charge in [0.2, 0.25) is 11.8 Å². The van der Waals surface area contributed by atoms with Crippen LogP contribution in [-0.2, 0) is 14.3 Å². The maximum atomic E-state index is 12.4. The van der Waals surface area contributed by atoms with E-state index in [1.807, 2.05) is 0 Å². The summed E-state index contributed by atoms with van der Waals surface area (Å²) in [5, 5.41) is 2.79. The molecule has 2 aromatic rings. The molecule has 0 spiro atoms. The lowest BCUT2D eigenvalue weighted by molar-refractivity contribution is -0.117. The number of hydrogen-bond donors (Lipinski definition) is 1. The van der Waals surface area contributed by atoms with Crippen LogP contribution in [0.15, 0.2) is 42.5 Å². The summed E-state index contributed by atoms with van der Waals surface area (Å²) in [5.74, 6) is 0.240. The molecule has 0 bridgehead atoms. The molecule has 8 heteroatoms. The van der Waals surface area contributed by atoms with E-state index in [-0.39, 0.29) is 24.8 Å². The summed E-state index contributed by atoms with van der Waals surface area (Å²) in [7, 11) is 1.29. The van der Waals surface area contributed by atoms with Gasteiger partial charge < -0.3 is 24.4 Å². The monoisotopic (exact) mass is 398 g/mol. The molecule has 0 atom stereocenters. The third-order valence-electron chi connectivity index (χ3n) is 4.35. The van der Waals surface area contributed by atoms with Crippen molar-refractivity contribution in [1.29, 1.82) is 0 Å². The average molecular weight is 398 g/mol. The van der Waals surface area contributed by atoms with Crippen molar-refractivity contribution in [2.24, 2.45) is 0 Å². The number of amides is 2. The largest absolute Gasteiger partial charge is 0.486 e. The van der Waals surface area contributed by atoms with Crippen molar-refractivity contribution in [3.8, 4) is 11.5 Å². The zero-order valence-corrected chi connectivity index (χ0v) is 16.3. The first-order chi connectivity index (χ1) is 14.0. The third kappa shape index (κ3) is 5.04. The molecule has 1 heterocycles. The molecule has 1 aliphatic heterocycles. The number of esters is 1. The van der Waals surface area contributed by atoms with Crippen molar-refractivity contribution in [2.45, 2.75) is 13.3 Å². The second-order valence-electron chi connectivity index (χ2n) is 6.37. The maximum absolute atomic E-state index is 12.4. The summed E-state index contributed by atoms with van der Waals surface area (Å²) in [4.78, 5) is 37.6. The number of carbonyl (C=O) groups is 3. The Bertz CT molecular complexity index is 927. The van der Waals surface area contributed by atoms with Gasteiger partial charge >= 0.3 is 5.97 Å². The van der Waals surface area contributed by atoms with Gasteiger partial charge in [0.15, 0.2) is 11.5 Å². The molecule has 0 aromatic heterocycles. The molecule has 0 aliphatic carbocycles. The molecule has 29 heavy (non-hydrogen) atoms. The van der Waals surface area contributed by atoms with Crippen LogP contribution in [0.4, 0.5) is 11.4 Å². The average Bonchev–Trinajstić information content (AvgIpc) is 2.73. The van der Waals surface area contributed by atoms with Crippen LogP contribution in [0.1, 0.15) is 23.7 Å². The number of nitrogens with one attached hydrogen (secondary N) is 1. The van der Waals surface area contributed by atoms with Crippen molar-refractivity contribution in [2.75, 3.05) is 37.1 Å². The number of carbonyl (C=O) groups excluding carboxylic acids is 3. The highest BCUT2D eigenvalue weighted by molar-refractivity contribution is 5.96. The van der Waals surface area contributed by atoms with E-state index in [0.29, 0.717) is 41.7 Å². The number of ether oxygens (including phenoxy) is 3. The molecule has 1 N–H and O–H groups in total. The first kappa shape index (κ1) is 20.2. The summed E-state index contributed by atoms with van der Waals surface area (Å²) < 4.78 is 15.7. The Kier molecular flexibility index (Phi) is 6.33. The molecule has 0 saturated carbocycles. The van der Waals surface area contributed by atoms with Gasteiger partial charge in [-0.25, -0.2) is 4.79 Å². The Hall–Kier alpha value is -3.55. The first-order valence-electron chi connectivity index (χ1n) is 9.14. The zero-order chi connectivity index (χ0) is 20.8. The van der Waals surface area contributed by atoms with E-state index in [1.165, 1.54) is 18.9 Å². The van der Waals surface area contributed by atoms with Crippen LogP contribution in [0.3, 0.4) is 0 Å².